The molecule has 1 aromatic heterocycles. The average molecular weight is 428 g/mol. The third-order valence-electron chi connectivity index (χ3n) is 4.99. The first kappa shape index (κ1) is 22.3. The Hall–Kier alpha value is -2.42. The highest BCUT2D eigenvalue weighted by atomic mass is 19.4. The number of carbonyl (C=O) groups excluding carboxylic acids is 1. The van der Waals surface area contributed by atoms with Gasteiger partial charge in [-0.25, -0.2) is 9.07 Å². The molecule has 0 amide bonds. The van der Waals surface area contributed by atoms with Gasteiger partial charge in [-0.1, -0.05) is 18.2 Å². The van der Waals surface area contributed by atoms with Gasteiger partial charge < -0.3 is 9.47 Å². The molecule has 0 spiro atoms. The lowest BCUT2D eigenvalue weighted by Crippen LogP contribution is -2.24. The van der Waals surface area contributed by atoms with Gasteiger partial charge in [0.25, 0.3) is 0 Å². The third-order valence-corrected chi connectivity index (χ3v) is 4.99. The maximum atomic E-state index is 14.5. The molecule has 1 aromatic carbocycles. The Kier molecular flexibility index (Phi) is 7.12. The van der Waals surface area contributed by atoms with Crippen molar-refractivity contribution in [3.63, 3.8) is 0 Å². The molecule has 0 aliphatic carbocycles. The second-order valence-corrected chi connectivity index (χ2v) is 7.22. The summed E-state index contributed by atoms with van der Waals surface area (Å²) in [6.45, 7) is 2.14. The zero-order chi connectivity index (χ0) is 21.7. The summed E-state index contributed by atoms with van der Waals surface area (Å²) in [6, 6.07) is 2.83. The summed E-state index contributed by atoms with van der Waals surface area (Å²) in [4.78, 5) is 11.9. The van der Waals surface area contributed by atoms with Crippen molar-refractivity contribution >= 4 is 22.9 Å². The molecule has 5 nitrogen and oxygen atoms in total. The highest BCUT2D eigenvalue weighted by Crippen LogP contribution is 2.31. The van der Waals surface area contributed by atoms with E-state index in [0.29, 0.717) is 23.1 Å². The van der Waals surface area contributed by atoms with Gasteiger partial charge in [0.05, 0.1) is 25.1 Å². The van der Waals surface area contributed by atoms with Crippen molar-refractivity contribution in [3.05, 3.63) is 35.8 Å². The van der Waals surface area contributed by atoms with E-state index in [2.05, 4.69) is 5.10 Å². The molecule has 164 valence electrons. The number of halogens is 4. The maximum absolute atomic E-state index is 14.5. The average Bonchev–Trinajstić information content (AvgIpc) is 3.15. The number of benzene rings is 1. The van der Waals surface area contributed by atoms with E-state index in [9.17, 15) is 22.4 Å². The van der Waals surface area contributed by atoms with Crippen molar-refractivity contribution in [2.24, 2.45) is 5.92 Å². The minimum atomic E-state index is -4.48. The first-order valence-corrected chi connectivity index (χ1v) is 9.97. The standard InChI is InChI=1S/C21H24F4N2O3/c1-2-29-20(28)15(12-21(23,24)25)7-5-6-14-9-10-17(22)19-16(14)13-26-27(19)18-8-3-4-11-30-18/h5-6,9-10,13,15,18H,2-4,7-8,11-12H2,1H3/b6-5-. The Labute approximate surface area is 171 Å². The van der Waals surface area contributed by atoms with Crippen molar-refractivity contribution in [2.45, 2.75) is 51.4 Å². The molecule has 3 rings (SSSR count). The number of carbonyl (C=O) groups is 1. The molecule has 0 N–H and O–H groups in total. The first-order chi connectivity index (χ1) is 14.3. The Balaban J connectivity index is 1.82. The van der Waals surface area contributed by atoms with E-state index in [-0.39, 0.29) is 19.3 Å². The number of ether oxygens (including phenoxy) is 2. The predicted molar refractivity (Wildman–Crippen MR) is 103 cm³/mol. The fraction of sp³-hybridized carbons (Fsp3) is 0.524. The summed E-state index contributed by atoms with van der Waals surface area (Å²) < 4.78 is 64.9. The summed E-state index contributed by atoms with van der Waals surface area (Å²) in [6.07, 6.45) is 1.01. The molecule has 1 fully saturated rings. The number of alkyl halides is 3. The molecule has 2 unspecified atom stereocenters. The van der Waals surface area contributed by atoms with E-state index in [1.54, 1.807) is 13.0 Å². The smallest absolute Gasteiger partial charge is 0.389 e. The molecule has 2 heterocycles. The van der Waals surface area contributed by atoms with Crippen molar-refractivity contribution in [1.29, 1.82) is 0 Å². The Bertz CT molecular complexity index is 902. The van der Waals surface area contributed by atoms with E-state index in [4.69, 9.17) is 9.47 Å². The largest absolute Gasteiger partial charge is 0.466 e. The van der Waals surface area contributed by atoms with Crippen molar-refractivity contribution in [1.82, 2.24) is 9.78 Å². The molecular weight excluding hydrogens is 404 g/mol. The number of nitrogens with zero attached hydrogens (tertiary/aromatic N) is 2. The SMILES string of the molecule is CCOC(=O)C(C/C=C\c1ccc(F)c2c1cnn2C1CCCCO1)CC(F)(F)F. The van der Waals surface area contributed by atoms with Gasteiger partial charge in [0.2, 0.25) is 0 Å². The van der Waals surface area contributed by atoms with Crippen LogP contribution in [-0.2, 0) is 14.3 Å². The summed E-state index contributed by atoms with van der Waals surface area (Å²) in [5, 5.41) is 4.81. The summed E-state index contributed by atoms with van der Waals surface area (Å²) in [5.41, 5.74) is 0.893. The molecule has 0 bridgehead atoms. The van der Waals surface area contributed by atoms with Crippen LogP contribution in [0.5, 0.6) is 0 Å². The molecule has 1 aliphatic rings. The fourth-order valence-electron chi connectivity index (χ4n) is 3.59. The molecule has 30 heavy (non-hydrogen) atoms. The minimum absolute atomic E-state index is 0.0118. The van der Waals surface area contributed by atoms with Crippen molar-refractivity contribution < 1.29 is 31.8 Å². The molecule has 2 aromatic rings. The lowest BCUT2D eigenvalue weighted by molar-refractivity contribution is -0.167. The number of esters is 1. The normalized spacial score (nSPS) is 18.8. The highest BCUT2D eigenvalue weighted by Gasteiger charge is 2.35. The number of allylic oxidation sites excluding steroid dienone is 1. The Morgan fingerprint density at radius 1 is 1.40 bits per heavy atom. The third kappa shape index (κ3) is 5.38. The molecule has 2 atom stereocenters. The van der Waals surface area contributed by atoms with Gasteiger partial charge in [0.1, 0.15) is 11.3 Å². The van der Waals surface area contributed by atoms with Crippen LogP contribution in [0.3, 0.4) is 0 Å². The van der Waals surface area contributed by atoms with Gasteiger partial charge in [-0.15, -0.1) is 0 Å². The van der Waals surface area contributed by atoms with Crippen LogP contribution in [0, 0.1) is 11.7 Å². The van der Waals surface area contributed by atoms with Crippen molar-refractivity contribution in [3.8, 4) is 0 Å². The molecule has 1 aliphatic heterocycles. The van der Waals surface area contributed by atoms with E-state index < -0.39 is 30.3 Å². The quantitative estimate of drug-likeness (QED) is 0.437. The highest BCUT2D eigenvalue weighted by molar-refractivity contribution is 5.88. The molecule has 1 saturated heterocycles. The van der Waals surface area contributed by atoms with Crippen LogP contribution < -0.4 is 0 Å². The molecule has 0 saturated carbocycles. The monoisotopic (exact) mass is 428 g/mol. The fourth-order valence-corrected chi connectivity index (χ4v) is 3.59. The number of rotatable bonds is 7. The van der Waals surface area contributed by atoms with Gasteiger partial charge in [0, 0.05) is 12.0 Å². The second kappa shape index (κ2) is 9.59. The van der Waals surface area contributed by atoms with Gasteiger partial charge >= 0.3 is 12.1 Å². The first-order valence-electron chi connectivity index (χ1n) is 9.97. The number of hydrogen-bond acceptors (Lipinski definition) is 4. The summed E-state index contributed by atoms with van der Waals surface area (Å²) in [7, 11) is 0. The number of aromatic nitrogens is 2. The van der Waals surface area contributed by atoms with Crippen LogP contribution in [-0.4, -0.2) is 35.1 Å². The van der Waals surface area contributed by atoms with Crippen LogP contribution in [0.15, 0.2) is 24.4 Å². The molecule has 9 heteroatoms. The number of fused-ring (bicyclic) bond motifs is 1. The van der Waals surface area contributed by atoms with Crippen molar-refractivity contribution in [2.75, 3.05) is 13.2 Å². The number of hydrogen-bond donors (Lipinski definition) is 0. The van der Waals surface area contributed by atoms with E-state index >= 15 is 0 Å². The molecular formula is C21H24F4N2O3. The topological polar surface area (TPSA) is 53.3 Å². The Morgan fingerprint density at radius 2 is 2.20 bits per heavy atom. The lowest BCUT2D eigenvalue weighted by atomic mass is 10.00. The van der Waals surface area contributed by atoms with Gasteiger partial charge in [0.15, 0.2) is 6.23 Å². The van der Waals surface area contributed by atoms with Gasteiger partial charge in [-0.2, -0.15) is 18.3 Å². The second-order valence-electron chi connectivity index (χ2n) is 7.22. The van der Waals surface area contributed by atoms with Crippen LogP contribution in [0.4, 0.5) is 17.6 Å². The van der Waals surface area contributed by atoms with Crippen LogP contribution >= 0.6 is 0 Å². The summed E-state index contributed by atoms with van der Waals surface area (Å²) in [5.74, 6) is -2.66. The zero-order valence-corrected chi connectivity index (χ0v) is 16.6. The molecule has 0 radical (unpaired) electrons. The van der Waals surface area contributed by atoms with Gasteiger partial charge in [-0.05, 0) is 44.2 Å². The summed E-state index contributed by atoms with van der Waals surface area (Å²) >= 11 is 0. The minimum Gasteiger partial charge on any atom is -0.466 e. The lowest BCUT2D eigenvalue weighted by Gasteiger charge is -2.23. The Morgan fingerprint density at radius 3 is 2.87 bits per heavy atom. The van der Waals surface area contributed by atoms with Gasteiger partial charge in [-0.3, -0.25) is 4.79 Å². The van der Waals surface area contributed by atoms with Crippen LogP contribution in [0.25, 0.3) is 17.0 Å². The van der Waals surface area contributed by atoms with Crippen LogP contribution in [0.1, 0.15) is 50.8 Å². The zero-order valence-electron chi connectivity index (χ0n) is 16.6. The van der Waals surface area contributed by atoms with E-state index in [0.717, 1.165) is 19.3 Å². The predicted octanol–water partition coefficient (Wildman–Crippen LogP) is 5.41. The van der Waals surface area contributed by atoms with E-state index in [1.807, 2.05) is 0 Å². The van der Waals surface area contributed by atoms with Crippen LogP contribution in [0.2, 0.25) is 0 Å². The van der Waals surface area contributed by atoms with E-state index in [1.165, 1.54) is 29.1 Å². The maximum Gasteiger partial charge on any atom is 0.389 e.